The predicted octanol–water partition coefficient (Wildman–Crippen LogP) is 2.98. The first kappa shape index (κ1) is 19.0. The maximum Gasteiger partial charge on any atom is 0.248 e. The molecule has 2 atom stereocenters. The minimum absolute atomic E-state index is 0.0249. The van der Waals surface area contributed by atoms with Crippen LogP contribution >= 0.6 is 0 Å². The smallest absolute Gasteiger partial charge is 0.248 e. The number of halogens is 1. The molecule has 1 aromatic heterocycles. The van der Waals surface area contributed by atoms with E-state index in [1.54, 1.807) is 30.5 Å². The molecule has 0 N–H and O–H groups in total. The lowest BCUT2D eigenvalue weighted by Crippen LogP contribution is -2.56. The Kier molecular flexibility index (Phi) is 4.67. The highest BCUT2D eigenvalue weighted by atomic mass is 19.1. The van der Waals surface area contributed by atoms with Gasteiger partial charge in [-0.3, -0.25) is 4.79 Å². The van der Waals surface area contributed by atoms with Gasteiger partial charge in [0.2, 0.25) is 5.91 Å². The third-order valence-electron chi connectivity index (χ3n) is 6.52. The summed E-state index contributed by atoms with van der Waals surface area (Å²) in [5, 5.41) is 8.97. The lowest BCUT2D eigenvalue weighted by molar-refractivity contribution is -0.140. The van der Waals surface area contributed by atoms with E-state index in [0.717, 1.165) is 31.5 Å². The summed E-state index contributed by atoms with van der Waals surface area (Å²) in [6.45, 7) is 1.24. The zero-order valence-corrected chi connectivity index (χ0v) is 16.6. The first-order valence-corrected chi connectivity index (χ1v) is 10.4. The third-order valence-corrected chi connectivity index (χ3v) is 6.52. The van der Waals surface area contributed by atoms with Crippen LogP contribution in [0.1, 0.15) is 36.8 Å². The molecule has 0 spiro atoms. The minimum Gasteiger partial charge on any atom is -0.360 e. The number of piperazine rings is 1. The number of carbonyl (C=O) groups is 1. The fourth-order valence-corrected chi connectivity index (χ4v) is 4.81. The second-order valence-corrected chi connectivity index (χ2v) is 8.37. The van der Waals surface area contributed by atoms with Crippen LogP contribution in [0.25, 0.3) is 0 Å². The number of likely N-dealkylation sites (tertiary alicyclic amines) is 1. The van der Waals surface area contributed by atoms with E-state index < -0.39 is 5.60 Å². The first-order chi connectivity index (χ1) is 14.6. The molecule has 2 aromatic rings. The van der Waals surface area contributed by atoms with Gasteiger partial charge in [-0.1, -0.05) is 18.2 Å². The Morgan fingerprint density at radius 2 is 1.93 bits per heavy atom. The fraction of sp³-hybridized carbons (Fsp3) is 0.435. The maximum atomic E-state index is 14.2. The van der Waals surface area contributed by atoms with E-state index in [-0.39, 0.29) is 30.4 Å². The van der Waals surface area contributed by atoms with Crippen molar-refractivity contribution in [3.05, 3.63) is 59.5 Å². The van der Waals surface area contributed by atoms with Crippen molar-refractivity contribution in [1.29, 1.82) is 5.26 Å². The predicted molar refractivity (Wildman–Crippen MR) is 108 cm³/mol. The van der Waals surface area contributed by atoms with Gasteiger partial charge in [-0.25, -0.2) is 9.37 Å². The number of carbonyl (C=O) groups excluding carboxylic acids is 1. The molecular formula is C23H23FN4O2. The summed E-state index contributed by atoms with van der Waals surface area (Å²) in [4.78, 5) is 21.5. The van der Waals surface area contributed by atoms with Crippen LogP contribution in [0.5, 0.6) is 0 Å². The van der Waals surface area contributed by atoms with E-state index in [0.29, 0.717) is 24.2 Å². The molecule has 1 aliphatic carbocycles. The van der Waals surface area contributed by atoms with Gasteiger partial charge in [-0.2, -0.15) is 5.26 Å². The quantitative estimate of drug-likeness (QED) is 0.764. The van der Waals surface area contributed by atoms with Crippen molar-refractivity contribution in [1.82, 2.24) is 9.88 Å². The van der Waals surface area contributed by atoms with Crippen molar-refractivity contribution in [2.45, 2.75) is 43.4 Å². The van der Waals surface area contributed by atoms with Crippen LogP contribution in [0.15, 0.2) is 42.6 Å². The van der Waals surface area contributed by atoms with Crippen molar-refractivity contribution >= 4 is 11.7 Å². The highest BCUT2D eigenvalue weighted by molar-refractivity contribution is 5.78. The Morgan fingerprint density at radius 3 is 2.53 bits per heavy atom. The average molecular weight is 406 g/mol. The van der Waals surface area contributed by atoms with Crippen molar-refractivity contribution in [2.24, 2.45) is 0 Å². The van der Waals surface area contributed by atoms with Gasteiger partial charge in [-0.05, 0) is 43.9 Å². The summed E-state index contributed by atoms with van der Waals surface area (Å²) >= 11 is 0. The van der Waals surface area contributed by atoms with E-state index in [4.69, 9.17) is 10.00 Å². The summed E-state index contributed by atoms with van der Waals surface area (Å²) in [6.07, 6.45) is 5.10. The normalized spacial score (nSPS) is 23.9. The Morgan fingerprint density at radius 1 is 1.20 bits per heavy atom. The van der Waals surface area contributed by atoms with Gasteiger partial charge < -0.3 is 14.5 Å². The lowest BCUT2D eigenvalue weighted by Gasteiger charge is -2.41. The number of amides is 1. The molecule has 154 valence electrons. The molecule has 0 radical (unpaired) electrons. The molecule has 1 saturated carbocycles. The monoisotopic (exact) mass is 406 g/mol. The van der Waals surface area contributed by atoms with E-state index in [1.807, 2.05) is 11.0 Å². The van der Waals surface area contributed by atoms with Gasteiger partial charge >= 0.3 is 0 Å². The molecule has 3 heterocycles. The molecule has 30 heavy (non-hydrogen) atoms. The van der Waals surface area contributed by atoms with Crippen LogP contribution < -0.4 is 4.90 Å². The summed E-state index contributed by atoms with van der Waals surface area (Å²) in [6, 6.07) is 12.8. The van der Waals surface area contributed by atoms with Crippen LogP contribution in [0.3, 0.4) is 0 Å². The number of aromatic nitrogens is 1. The Hall–Kier alpha value is -2.98. The average Bonchev–Trinajstić information content (AvgIpc) is 3.51. The molecule has 3 aliphatic rings. The molecule has 2 bridgehead atoms. The highest BCUT2D eigenvalue weighted by Crippen LogP contribution is 2.50. The van der Waals surface area contributed by atoms with Crippen LogP contribution in [0.4, 0.5) is 10.2 Å². The summed E-state index contributed by atoms with van der Waals surface area (Å²) in [5.74, 6) is 0.548. The Balaban J connectivity index is 1.23. The molecule has 3 fully saturated rings. The van der Waals surface area contributed by atoms with Gasteiger partial charge in [0.1, 0.15) is 24.3 Å². The van der Waals surface area contributed by atoms with Crippen LogP contribution in [0.2, 0.25) is 0 Å². The molecule has 7 heteroatoms. The molecule has 1 amide bonds. The summed E-state index contributed by atoms with van der Waals surface area (Å²) in [5.41, 5.74) is 0.448. The lowest BCUT2D eigenvalue weighted by atomic mass is 10.1. The van der Waals surface area contributed by atoms with Crippen LogP contribution in [-0.2, 0) is 15.1 Å². The summed E-state index contributed by atoms with van der Waals surface area (Å²) < 4.78 is 20.1. The number of pyridine rings is 1. The summed E-state index contributed by atoms with van der Waals surface area (Å²) in [7, 11) is 0. The van der Waals surface area contributed by atoms with E-state index in [1.165, 1.54) is 6.07 Å². The van der Waals surface area contributed by atoms with E-state index >= 15 is 0 Å². The van der Waals surface area contributed by atoms with E-state index in [9.17, 15) is 9.18 Å². The van der Waals surface area contributed by atoms with Crippen LogP contribution in [-0.4, -0.2) is 47.6 Å². The number of benzene rings is 1. The van der Waals surface area contributed by atoms with Gasteiger partial charge in [-0.15, -0.1) is 0 Å². The van der Waals surface area contributed by atoms with Crippen molar-refractivity contribution < 1.29 is 13.9 Å². The maximum absolute atomic E-state index is 14.2. The van der Waals surface area contributed by atoms with Gasteiger partial charge in [0.05, 0.1) is 11.2 Å². The molecule has 1 unspecified atom stereocenters. The van der Waals surface area contributed by atoms with Crippen molar-refractivity contribution in [3.63, 3.8) is 0 Å². The number of fused-ring (bicyclic) bond motifs is 2. The van der Waals surface area contributed by atoms with E-state index in [2.05, 4.69) is 16.0 Å². The Labute approximate surface area is 174 Å². The molecule has 2 aliphatic heterocycles. The number of ether oxygens (including phenoxy) is 1. The molecule has 6 nitrogen and oxygen atoms in total. The number of nitriles is 1. The third kappa shape index (κ3) is 3.31. The minimum atomic E-state index is -0.645. The number of hydrogen-bond acceptors (Lipinski definition) is 5. The second kappa shape index (κ2) is 7.37. The zero-order chi connectivity index (χ0) is 20.7. The second-order valence-electron chi connectivity index (χ2n) is 8.37. The molecular weight excluding hydrogens is 383 g/mol. The SMILES string of the molecule is N#Cc1ccc(N2C3CC[C@H]2CN(C(=O)COC2(c4ccccc4F)CC2)C3)nc1. The standard InChI is InChI=1S/C23H23FN4O2/c24-20-4-2-1-3-19(20)23(9-10-23)30-15-22(29)27-13-17-6-7-18(14-27)28(17)21-8-5-16(11-25)12-26-21/h1-5,8,12,17-18H,6-7,9-10,13-15H2/t17-,18?/m0/s1. The topological polar surface area (TPSA) is 69.5 Å². The number of hydrogen-bond donors (Lipinski definition) is 0. The number of anilines is 1. The van der Waals surface area contributed by atoms with Crippen molar-refractivity contribution in [2.75, 3.05) is 24.6 Å². The Bertz CT molecular complexity index is 985. The molecule has 5 rings (SSSR count). The molecule has 1 aromatic carbocycles. The van der Waals surface area contributed by atoms with Crippen LogP contribution in [0, 0.1) is 17.1 Å². The molecule has 2 saturated heterocycles. The number of nitrogens with zero attached hydrogens (tertiary/aromatic N) is 4. The van der Waals surface area contributed by atoms with Gasteiger partial charge in [0.25, 0.3) is 0 Å². The van der Waals surface area contributed by atoms with Gasteiger partial charge in [0, 0.05) is 36.9 Å². The number of rotatable bonds is 5. The fourth-order valence-electron chi connectivity index (χ4n) is 4.81. The zero-order valence-electron chi connectivity index (χ0n) is 16.6. The first-order valence-electron chi connectivity index (χ1n) is 10.4. The van der Waals surface area contributed by atoms with Gasteiger partial charge in [0.15, 0.2) is 0 Å². The van der Waals surface area contributed by atoms with Crippen molar-refractivity contribution in [3.8, 4) is 6.07 Å². The highest BCUT2D eigenvalue weighted by Gasteiger charge is 2.48. The largest absolute Gasteiger partial charge is 0.360 e.